The van der Waals surface area contributed by atoms with E-state index in [2.05, 4.69) is 10.3 Å². The number of nitrogens with one attached hydrogen (secondary N) is 1. The molecule has 3 aromatic carbocycles. The second-order valence-corrected chi connectivity index (χ2v) is 10.2. The predicted molar refractivity (Wildman–Crippen MR) is 161 cm³/mol. The number of benzene rings is 3. The number of carbonyl (C=O) groups excluding carboxylic acids is 2. The summed E-state index contributed by atoms with van der Waals surface area (Å²) in [7, 11) is 1.24. The SMILES string of the molecule is COC(=O)C1C(C)=NC(C)=C(C(=O)OCCCNCC(O)COc2cccc3ccccc23)C1c1cccc([N+](=O)[O-])c1. The van der Waals surface area contributed by atoms with Crippen LogP contribution in [0.25, 0.3) is 10.8 Å². The molecule has 4 rings (SSSR count). The molecule has 1 heterocycles. The number of nitrogens with zero attached hydrogens (tertiary/aromatic N) is 2. The van der Waals surface area contributed by atoms with Crippen LogP contribution >= 0.6 is 0 Å². The highest BCUT2D eigenvalue weighted by Crippen LogP contribution is 2.41. The summed E-state index contributed by atoms with van der Waals surface area (Å²) < 4.78 is 16.4. The number of hydrogen-bond acceptors (Lipinski definition) is 10. The molecule has 1 aliphatic rings. The van der Waals surface area contributed by atoms with E-state index in [1.54, 1.807) is 19.9 Å². The van der Waals surface area contributed by atoms with Crippen molar-refractivity contribution in [3.63, 3.8) is 0 Å². The zero-order chi connectivity index (χ0) is 30.9. The Hall–Kier alpha value is -4.61. The van der Waals surface area contributed by atoms with Crippen LogP contribution in [0.1, 0.15) is 31.7 Å². The molecular formula is C32H35N3O8. The van der Waals surface area contributed by atoms with Crippen LogP contribution in [0.15, 0.2) is 83.0 Å². The van der Waals surface area contributed by atoms with Crippen molar-refractivity contribution in [3.05, 3.63) is 93.7 Å². The Balaban J connectivity index is 1.32. The first-order valence-corrected chi connectivity index (χ1v) is 14.0. The molecule has 0 fully saturated rings. The molecule has 1 aliphatic heterocycles. The Morgan fingerprint density at radius 1 is 1.09 bits per heavy atom. The van der Waals surface area contributed by atoms with Gasteiger partial charge >= 0.3 is 11.9 Å². The van der Waals surface area contributed by atoms with Gasteiger partial charge in [0.15, 0.2) is 0 Å². The number of methoxy groups -OCH3 is 1. The fourth-order valence-electron chi connectivity index (χ4n) is 5.20. The van der Waals surface area contributed by atoms with E-state index in [9.17, 15) is 24.8 Å². The van der Waals surface area contributed by atoms with Gasteiger partial charge in [-0.15, -0.1) is 0 Å². The second kappa shape index (κ2) is 14.5. The minimum absolute atomic E-state index is 0.0679. The molecule has 11 heteroatoms. The van der Waals surface area contributed by atoms with Crippen molar-refractivity contribution in [3.8, 4) is 5.75 Å². The maximum absolute atomic E-state index is 13.3. The molecule has 0 spiro atoms. The molecule has 0 amide bonds. The first kappa shape index (κ1) is 31.3. The molecule has 3 aromatic rings. The molecule has 0 bridgehead atoms. The Morgan fingerprint density at radius 3 is 2.60 bits per heavy atom. The van der Waals surface area contributed by atoms with Gasteiger partial charge in [0.2, 0.25) is 0 Å². The molecule has 0 aliphatic carbocycles. The van der Waals surface area contributed by atoms with Gasteiger partial charge in [-0.3, -0.25) is 19.9 Å². The molecular weight excluding hydrogens is 554 g/mol. The van der Waals surface area contributed by atoms with Crippen LogP contribution in [0, 0.1) is 16.0 Å². The average molecular weight is 590 g/mol. The third-order valence-corrected chi connectivity index (χ3v) is 7.24. The number of nitro benzene ring substituents is 1. The van der Waals surface area contributed by atoms with Gasteiger partial charge in [0.25, 0.3) is 5.69 Å². The first-order chi connectivity index (χ1) is 20.7. The molecule has 226 valence electrons. The Kier molecular flexibility index (Phi) is 10.6. The zero-order valence-electron chi connectivity index (χ0n) is 24.3. The minimum atomic E-state index is -0.947. The number of nitro groups is 1. The van der Waals surface area contributed by atoms with Crippen molar-refractivity contribution in [2.24, 2.45) is 10.9 Å². The maximum Gasteiger partial charge on any atom is 0.336 e. The standard InChI is InChI=1S/C32H35N3O8/c1-20-28(31(37)41-3)30(23-11-6-12-24(17-23)35(39)40)29(21(2)34-20)32(38)42-16-8-15-33-18-25(36)19-43-27-14-7-10-22-9-4-5-13-26(22)27/h4-7,9-14,17,25,28,30,33,36H,8,15-16,18-19H2,1-3H3. The van der Waals surface area contributed by atoms with E-state index in [-0.39, 0.29) is 31.0 Å². The van der Waals surface area contributed by atoms with E-state index in [1.165, 1.54) is 25.3 Å². The lowest BCUT2D eigenvalue weighted by Crippen LogP contribution is -2.36. The summed E-state index contributed by atoms with van der Waals surface area (Å²) in [6.07, 6.45) is -0.289. The van der Waals surface area contributed by atoms with Gasteiger partial charge in [-0.1, -0.05) is 48.5 Å². The number of aliphatic hydroxyl groups is 1. The molecule has 0 aromatic heterocycles. The van der Waals surface area contributed by atoms with Gasteiger partial charge < -0.3 is 24.6 Å². The van der Waals surface area contributed by atoms with Gasteiger partial charge in [-0.25, -0.2) is 4.79 Å². The number of fused-ring (bicyclic) bond motifs is 1. The summed E-state index contributed by atoms with van der Waals surface area (Å²) >= 11 is 0. The lowest BCUT2D eigenvalue weighted by molar-refractivity contribution is -0.384. The highest BCUT2D eigenvalue weighted by atomic mass is 16.6. The number of hydrogen-bond donors (Lipinski definition) is 2. The molecule has 0 saturated heterocycles. The summed E-state index contributed by atoms with van der Waals surface area (Å²) in [6, 6.07) is 19.5. The van der Waals surface area contributed by atoms with Crippen molar-refractivity contribution in [2.75, 3.05) is 33.4 Å². The van der Waals surface area contributed by atoms with E-state index in [0.29, 0.717) is 35.7 Å². The summed E-state index contributed by atoms with van der Waals surface area (Å²) in [4.78, 5) is 41.4. The number of non-ortho nitro benzene ring substituents is 1. The minimum Gasteiger partial charge on any atom is -0.490 e. The van der Waals surface area contributed by atoms with Gasteiger partial charge in [0.1, 0.15) is 24.4 Å². The van der Waals surface area contributed by atoms with Crippen LogP contribution in [0.5, 0.6) is 5.75 Å². The Bertz CT molecular complexity index is 1550. The largest absolute Gasteiger partial charge is 0.490 e. The van der Waals surface area contributed by atoms with Crippen LogP contribution < -0.4 is 10.1 Å². The number of carbonyl (C=O) groups is 2. The molecule has 0 saturated carbocycles. The van der Waals surface area contributed by atoms with Crippen molar-refractivity contribution in [1.29, 1.82) is 0 Å². The third kappa shape index (κ3) is 7.62. The van der Waals surface area contributed by atoms with E-state index < -0.39 is 34.8 Å². The summed E-state index contributed by atoms with van der Waals surface area (Å²) in [5.74, 6) is -2.39. The fraction of sp³-hybridized carbons (Fsp3) is 0.344. The summed E-state index contributed by atoms with van der Waals surface area (Å²) in [6.45, 7) is 4.23. The Morgan fingerprint density at radius 2 is 1.84 bits per heavy atom. The number of ether oxygens (including phenoxy) is 3. The lowest BCUT2D eigenvalue weighted by Gasteiger charge is -2.31. The fourth-order valence-corrected chi connectivity index (χ4v) is 5.20. The van der Waals surface area contributed by atoms with E-state index >= 15 is 0 Å². The van der Waals surface area contributed by atoms with Crippen molar-refractivity contribution in [2.45, 2.75) is 32.3 Å². The molecule has 2 N–H and O–H groups in total. The van der Waals surface area contributed by atoms with Gasteiger partial charge in [0, 0.05) is 41.4 Å². The van der Waals surface area contributed by atoms with Crippen LogP contribution in [0.4, 0.5) is 5.69 Å². The first-order valence-electron chi connectivity index (χ1n) is 14.0. The predicted octanol–water partition coefficient (Wildman–Crippen LogP) is 4.33. The highest BCUT2D eigenvalue weighted by molar-refractivity contribution is 6.07. The molecule has 3 unspecified atom stereocenters. The quantitative estimate of drug-likeness (QED) is 0.129. The topological polar surface area (TPSA) is 150 Å². The molecule has 0 radical (unpaired) electrons. The van der Waals surface area contributed by atoms with Crippen LogP contribution in [-0.4, -0.2) is 67.2 Å². The maximum atomic E-state index is 13.3. The second-order valence-electron chi connectivity index (χ2n) is 10.2. The summed E-state index contributed by atoms with van der Waals surface area (Å²) in [5.41, 5.74) is 1.20. The number of aliphatic hydroxyl groups excluding tert-OH is 1. The number of esters is 2. The lowest BCUT2D eigenvalue weighted by atomic mass is 9.75. The van der Waals surface area contributed by atoms with Gasteiger partial charge in [-0.2, -0.15) is 0 Å². The van der Waals surface area contributed by atoms with Gasteiger partial charge in [0.05, 0.1) is 24.2 Å². The molecule has 43 heavy (non-hydrogen) atoms. The van der Waals surface area contributed by atoms with Crippen molar-refractivity contribution < 1.29 is 33.8 Å². The Labute approximate surface area is 249 Å². The molecule has 11 nitrogen and oxygen atoms in total. The monoisotopic (exact) mass is 589 g/mol. The zero-order valence-corrected chi connectivity index (χ0v) is 24.3. The highest BCUT2D eigenvalue weighted by Gasteiger charge is 2.42. The summed E-state index contributed by atoms with van der Waals surface area (Å²) in [5, 5.41) is 26.9. The van der Waals surface area contributed by atoms with Crippen molar-refractivity contribution in [1.82, 2.24) is 5.32 Å². The van der Waals surface area contributed by atoms with E-state index in [4.69, 9.17) is 14.2 Å². The molecule has 3 atom stereocenters. The average Bonchev–Trinajstić information content (AvgIpc) is 3.00. The van der Waals surface area contributed by atoms with Crippen molar-refractivity contribution >= 4 is 34.1 Å². The normalized spacial score (nSPS) is 17.3. The van der Waals surface area contributed by atoms with E-state index in [0.717, 1.165) is 10.8 Å². The van der Waals surface area contributed by atoms with Crippen LogP contribution in [-0.2, 0) is 19.1 Å². The van der Waals surface area contributed by atoms with Gasteiger partial charge in [-0.05, 0) is 43.8 Å². The van der Waals surface area contributed by atoms with E-state index in [1.807, 2.05) is 42.5 Å². The van der Waals surface area contributed by atoms with Crippen LogP contribution in [0.3, 0.4) is 0 Å². The number of allylic oxidation sites excluding steroid dienone is 1. The van der Waals surface area contributed by atoms with Crippen LogP contribution in [0.2, 0.25) is 0 Å². The number of aliphatic imine (C=N–C) groups is 1. The smallest absolute Gasteiger partial charge is 0.336 e. The number of rotatable bonds is 13. The third-order valence-electron chi connectivity index (χ3n) is 7.24.